The highest BCUT2D eigenvalue weighted by Crippen LogP contribution is 2.26. The SMILES string of the molecule is Cc1ccc(C(CN)N(C)CC2CCN(C)C2)cc1Br. The molecule has 2 atom stereocenters. The van der Waals surface area contributed by atoms with Crippen molar-refractivity contribution in [1.29, 1.82) is 0 Å². The number of hydrogen-bond acceptors (Lipinski definition) is 3. The normalized spacial score (nSPS) is 21.6. The molecule has 0 amide bonds. The van der Waals surface area contributed by atoms with Crippen molar-refractivity contribution in [3.8, 4) is 0 Å². The molecule has 1 aliphatic heterocycles. The first-order chi connectivity index (χ1) is 9.51. The molecule has 0 radical (unpaired) electrons. The second-order valence-corrected chi connectivity index (χ2v) is 6.97. The van der Waals surface area contributed by atoms with E-state index in [0.717, 1.165) is 12.5 Å². The van der Waals surface area contributed by atoms with Crippen molar-refractivity contribution in [3.05, 3.63) is 33.8 Å². The van der Waals surface area contributed by atoms with Gasteiger partial charge < -0.3 is 10.6 Å². The third kappa shape index (κ3) is 3.82. The number of nitrogens with two attached hydrogens (primary N) is 1. The molecular formula is C16H26BrN3. The Hall–Kier alpha value is -0.420. The Bertz CT molecular complexity index is 449. The Balaban J connectivity index is 2.04. The fourth-order valence-corrected chi connectivity index (χ4v) is 3.49. The number of aryl methyl sites for hydroxylation is 1. The van der Waals surface area contributed by atoms with Crippen LogP contribution in [0.1, 0.15) is 23.6 Å². The minimum absolute atomic E-state index is 0.304. The Morgan fingerprint density at radius 2 is 2.25 bits per heavy atom. The van der Waals surface area contributed by atoms with Crippen LogP contribution in [0.4, 0.5) is 0 Å². The highest BCUT2D eigenvalue weighted by molar-refractivity contribution is 9.10. The number of benzene rings is 1. The van der Waals surface area contributed by atoms with Crippen LogP contribution in [0.2, 0.25) is 0 Å². The van der Waals surface area contributed by atoms with E-state index in [-0.39, 0.29) is 0 Å². The predicted molar refractivity (Wildman–Crippen MR) is 88.9 cm³/mol. The fraction of sp³-hybridized carbons (Fsp3) is 0.625. The maximum Gasteiger partial charge on any atom is 0.0467 e. The smallest absolute Gasteiger partial charge is 0.0467 e. The monoisotopic (exact) mass is 339 g/mol. The first-order valence-electron chi connectivity index (χ1n) is 7.36. The number of rotatable bonds is 5. The second-order valence-electron chi connectivity index (χ2n) is 6.12. The molecule has 1 saturated heterocycles. The van der Waals surface area contributed by atoms with Crippen LogP contribution in [0.25, 0.3) is 0 Å². The van der Waals surface area contributed by atoms with Crippen LogP contribution in [0.15, 0.2) is 22.7 Å². The molecule has 0 bridgehead atoms. The minimum Gasteiger partial charge on any atom is -0.329 e. The molecule has 1 aromatic rings. The Labute approximate surface area is 131 Å². The van der Waals surface area contributed by atoms with Gasteiger partial charge in [-0.05, 0) is 57.1 Å². The topological polar surface area (TPSA) is 32.5 Å². The van der Waals surface area contributed by atoms with E-state index in [4.69, 9.17) is 5.73 Å². The molecule has 0 aromatic heterocycles. The molecular weight excluding hydrogens is 314 g/mol. The van der Waals surface area contributed by atoms with E-state index in [9.17, 15) is 0 Å². The Morgan fingerprint density at radius 3 is 2.80 bits per heavy atom. The first kappa shape index (κ1) is 16.0. The van der Waals surface area contributed by atoms with Crippen LogP contribution in [-0.2, 0) is 0 Å². The van der Waals surface area contributed by atoms with Crippen LogP contribution >= 0.6 is 15.9 Å². The Morgan fingerprint density at radius 1 is 1.50 bits per heavy atom. The van der Waals surface area contributed by atoms with Gasteiger partial charge in [0.2, 0.25) is 0 Å². The molecule has 20 heavy (non-hydrogen) atoms. The summed E-state index contributed by atoms with van der Waals surface area (Å²) in [5.74, 6) is 0.771. The zero-order valence-electron chi connectivity index (χ0n) is 12.8. The van der Waals surface area contributed by atoms with Crippen molar-refractivity contribution < 1.29 is 0 Å². The van der Waals surface area contributed by atoms with Crippen LogP contribution in [0, 0.1) is 12.8 Å². The fourth-order valence-electron chi connectivity index (χ4n) is 3.10. The zero-order chi connectivity index (χ0) is 14.7. The summed E-state index contributed by atoms with van der Waals surface area (Å²) in [4.78, 5) is 4.83. The summed E-state index contributed by atoms with van der Waals surface area (Å²) in [5.41, 5.74) is 8.60. The van der Waals surface area contributed by atoms with Crippen LogP contribution < -0.4 is 5.73 Å². The lowest BCUT2D eigenvalue weighted by Crippen LogP contribution is -2.35. The second kappa shape index (κ2) is 7.03. The number of likely N-dealkylation sites (tertiary alicyclic amines) is 1. The maximum absolute atomic E-state index is 6.03. The van der Waals surface area contributed by atoms with Gasteiger partial charge in [-0.1, -0.05) is 28.1 Å². The summed E-state index contributed by atoms with van der Waals surface area (Å²) in [7, 11) is 4.40. The number of nitrogens with zero attached hydrogens (tertiary/aromatic N) is 2. The van der Waals surface area contributed by atoms with E-state index in [2.05, 4.69) is 64.9 Å². The molecule has 2 unspecified atom stereocenters. The lowest BCUT2D eigenvalue weighted by molar-refractivity contribution is 0.211. The third-order valence-electron chi connectivity index (χ3n) is 4.37. The van der Waals surface area contributed by atoms with Gasteiger partial charge in [0.05, 0.1) is 0 Å². The van der Waals surface area contributed by atoms with Crippen LogP contribution in [-0.4, -0.2) is 50.1 Å². The molecule has 0 saturated carbocycles. The molecule has 2 rings (SSSR count). The summed E-state index contributed by atoms with van der Waals surface area (Å²) in [5, 5.41) is 0. The largest absolute Gasteiger partial charge is 0.329 e. The lowest BCUT2D eigenvalue weighted by atomic mass is 10.0. The summed E-state index contributed by atoms with van der Waals surface area (Å²) >= 11 is 3.62. The van der Waals surface area contributed by atoms with E-state index in [1.54, 1.807) is 0 Å². The highest BCUT2D eigenvalue weighted by atomic mass is 79.9. The molecule has 4 heteroatoms. The molecule has 112 valence electrons. The molecule has 0 spiro atoms. The number of hydrogen-bond donors (Lipinski definition) is 1. The molecule has 1 heterocycles. The van der Waals surface area contributed by atoms with Gasteiger partial charge in [0.15, 0.2) is 0 Å². The standard InChI is InChI=1S/C16H26BrN3/c1-12-4-5-14(8-15(12)17)16(9-18)20(3)11-13-6-7-19(2)10-13/h4-5,8,13,16H,6-7,9-11,18H2,1-3H3. The summed E-state index contributed by atoms with van der Waals surface area (Å²) in [6.45, 7) is 6.33. The van der Waals surface area contributed by atoms with Crippen molar-refractivity contribution in [1.82, 2.24) is 9.80 Å². The van der Waals surface area contributed by atoms with E-state index >= 15 is 0 Å². The highest BCUT2D eigenvalue weighted by Gasteiger charge is 2.24. The number of halogens is 1. The summed E-state index contributed by atoms with van der Waals surface area (Å²) < 4.78 is 1.17. The van der Waals surface area contributed by atoms with Crippen molar-refractivity contribution in [3.63, 3.8) is 0 Å². The molecule has 3 nitrogen and oxygen atoms in total. The van der Waals surface area contributed by atoms with E-state index < -0.39 is 0 Å². The average Bonchev–Trinajstić information content (AvgIpc) is 2.80. The van der Waals surface area contributed by atoms with Gasteiger partial charge in [0, 0.05) is 30.1 Å². The van der Waals surface area contributed by atoms with E-state index in [1.165, 1.54) is 35.1 Å². The summed E-state index contributed by atoms with van der Waals surface area (Å²) in [6, 6.07) is 6.89. The number of likely N-dealkylation sites (N-methyl/N-ethyl adjacent to an activating group) is 1. The lowest BCUT2D eigenvalue weighted by Gasteiger charge is -2.30. The van der Waals surface area contributed by atoms with Crippen molar-refractivity contribution >= 4 is 15.9 Å². The molecule has 1 aromatic carbocycles. The maximum atomic E-state index is 6.03. The van der Waals surface area contributed by atoms with Gasteiger partial charge >= 0.3 is 0 Å². The zero-order valence-corrected chi connectivity index (χ0v) is 14.4. The van der Waals surface area contributed by atoms with Crippen molar-refractivity contribution in [2.24, 2.45) is 11.7 Å². The van der Waals surface area contributed by atoms with Crippen molar-refractivity contribution in [2.75, 3.05) is 40.3 Å². The van der Waals surface area contributed by atoms with Crippen molar-refractivity contribution in [2.45, 2.75) is 19.4 Å². The van der Waals surface area contributed by atoms with Crippen LogP contribution in [0.5, 0.6) is 0 Å². The van der Waals surface area contributed by atoms with Gasteiger partial charge in [-0.2, -0.15) is 0 Å². The molecule has 1 fully saturated rings. The summed E-state index contributed by atoms with van der Waals surface area (Å²) in [6.07, 6.45) is 1.30. The molecule has 1 aliphatic rings. The average molecular weight is 340 g/mol. The van der Waals surface area contributed by atoms with Gasteiger partial charge in [-0.15, -0.1) is 0 Å². The molecule has 0 aliphatic carbocycles. The van der Waals surface area contributed by atoms with E-state index in [1.807, 2.05) is 0 Å². The van der Waals surface area contributed by atoms with E-state index in [0.29, 0.717) is 12.6 Å². The minimum atomic E-state index is 0.304. The third-order valence-corrected chi connectivity index (χ3v) is 5.23. The molecule has 2 N–H and O–H groups in total. The van der Waals surface area contributed by atoms with Crippen LogP contribution in [0.3, 0.4) is 0 Å². The first-order valence-corrected chi connectivity index (χ1v) is 8.15. The van der Waals surface area contributed by atoms with Gasteiger partial charge in [-0.3, -0.25) is 4.90 Å². The van der Waals surface area contributed by atoms with Gasteiger partial charge in [-0.25, -0.2) is 0 Å². The van der Waals surface area contributed by atoms with Gasteiger partial charge in [0.25, 0.3) is 0 Å². The van der Waals surface area contributed by atoms with Gasteiger partial charge in [0.1, 0.15) is 0 Å². The quantitative estimate of drug-likeness (QED) is 0.894. The predicted octanol–water partition coefficient (Wildman–Crippen LogP) is 2.64. The Kier molecular flexibility index (Phi) is 5.61.